The molecule has 4 heteroatoms. The predicted octanol–water partition coefficient (Wildman–Crippen LogP) is 2.75. The quantitative estimate of drug-likeness (QED) is 0.749. The highest BCUT2D eigenvalue weighted by atomic mass is 35.5. The summed E-state index contributed by atoms with van der Waals surface area (Å²) < 4.78 is 5.07. The second-order valence-electron chi connectivity index (χ2n) is 3.04. The maximum absolute atomic E-state index is 11.7. The predicted molar refractivity (Wildman–Crippen MR) is 56.0 cm³/mol. The fraction of sp³-hybridized carbons (Fsp3) is 0.0909. The topological polar surface area (TPSA) is 43.1 Å². The van der Waals surface area contributed by atoms with Gasteiger partial charge in [0.2, 0.25) is 0 Å². The number of carbonyl (C=O) groups is 1. The van der Waals surface area contributed by atoms with Crippen LogP contribution >= 0.6 is 11.6 Å². The first-order chi connectivity index (χ1) is 7.25. The van der Waals surface area contributed by atoms with Crippen molar-refractivity contribution < 1.29 is 9.21 Å². The van der Waals surface area contributed by atoms with Crippen LogP contribution in [0, 0.1) is 0 Å². The van der Waals surface area contributed by atoms with Crippen molar-refractivity contribution in [2.75, 3.05) is 0 Å². The summed E-state index contributed by atoms with van der Waals surface area (Å²) in [6, 6.07) is 6.75. The van der Waals surface area contributed by atoms with Gasteiger partial charge in [0.1, 0.15) is 11.5 Å². The molecule has 0 unspecified atom stereocenters. The van der Waals surface area contributed by atoms with Crippen molar-refractivity contribution in [3.63, 3.8) is 0 Å². The lowest BCUT2D eigenvalue weighted by atomic mass is 10.1. The molecule has 0 saturated carbocycles. The molecule has 0 amide bonds. The Morgan fingerprint density at radius 1 is 1.40 bits per heavy atom. The zero-order valence-electron chi connectivity index (χ0n) is 7.81. The second kappa shape index (κ2) is 4.28. The third-order valence-corrected chi connectivity index (χ3v) is 2.15. The van der Waals surface area contributed by atoms with Crippen LogP contribution in [0.5, 0.6) is 0 Å². The van der Waals surface area contributed by atoms with Gasteiger partial charge in [0.05, 0.1) is 17.7 Å². The molecule has 0 saturated heterocycles. The van der Waals surface area contributed by atoms with E-state index in [1.807, 2.05) is 0 Å². The first-order valence-electron chi connectivity index (χ1n) is 4.43. The molecular weight excluding hydrogens is 214 g/mol. The van der Waals surface area contributed by atoms with Crippen LogP contribution in [0.25, 0.3) is 0 Å². The second-order valence-corrected chi connectivity index (χ2v) is 3.48. The number of aromatic nitrogens is 1. The van der Waals surface area contributed by atoms with Gasteiger partial charge in [-0.15, -0.1) is 0 Å². The van der Waals surface area contributed by atoms with E-state index in [0.717, 1.165) is 0 Å². The first kappa shape index (κ1) is 9.93. The van der Waals surface area contributed by atoms with Crippen LogP contribution in [0.3, 0.4) is 0 Å². The first-order valence-corrected chi connectivity index (χ1v) is 4.80. The number of ketones is 1. The lowest BCUT2D eigenvalue weighted by Gasteiger charge is -1.97. The molecule has 2 aromatic heterocycles. The molecule has 0 aliphatic heterocycles. The molecule has 2 heterocycles. The van der Waals surface area contributed by atoms with Crippen LogP contribution in [0.4, 0.5) is 0 Å². The molecule has 2 rings (SSSR count). The molecule has 0 N–H and O–H groups in total. The molecule has 0 fully saturated rings. The Kier molecular flexibility index (Phi) is 2.83. The SMILES string of the molecule is O=C(Cc1ccco1)c1ccc(Cl)cn1. The highest BCUT2D eigenvalue weighted by Gasteiger charge is 2.09. The zero-order chi connectivity index (χ0) is 10.7. The van der Waals surface area contributed by atoms with E-state index in [9.17, 15) is 4.79 Å². The molecule has 76 valence electrons. The Morgan fingerprint density at radius 3 is 2.87 bits per heavy atom. The number of carbonyl (C=O) groups excluding carboxylic acids is 1. The molecule has 0 bridgehead atoms. The van der Waals surface area contributed by atoms with Gasteiger partial charge >= 0.3 is 0 Å². The summed E-state index contributed by atoms with van der Waals surface area (Å²) in [4.78, 5) is 15.6. The van der Waals surface area contributed by atoms with Gasteiger partial charge in [0.25, 0.3) is 0 Å². The fourth-order valence-electron chi connectivity index (χ4n) is 1.20. The van der Waals surface area contributed by atoms with Gasteiger partial charge in [-0.2, -0.15) is 0 Å². The summed E-state index contributed by atoms with van der Waals surface area (Å²) in [6.07, 6.45) is 3.22. The number of rotatable bonds is 3. The Labute approximate surface area is 91.7 Å². The largest absolute Gasteiger partial charge is 0.469 e. The fourth-order valence-corrected chi connectivity index (χ4v) is 1.31. The minimum Gasteiger partial charge on any atom is -0.469 e. The van der Waals surface area contributed by atoms with Crippen molar-refractivity contribution in [2.24, 2.45) is 0 Å². The Bertz CT molecular complexity index is 448. The normalized spacial score (nSPS) is 10.2. The molecule has 15 heavy (non-hydrogen) atoms. The Hall–Kier alpha value is -1.61. The highest BCUT2D eigenvalue weighted by Crippen LogP contribution is 2.09. The average Bonchev–Trinajstić information content (AvgIpc) is 2.71. The Morgan fingerprint density at radius 2 is 2.27 bits per heavy atom. The van der Waals surface area contributed by atoms with Gasteiger partial charge in [-0.25, -0.2) is 0 Å². The minimum atomic E-state index is -0.0818. The maximum atomic E-state index is 11.7. The van der Waals surface area contributed by atoms with Gasteiger partial charge in [0.15, 0.2) is 5.78 Å². The Balaban J connectivity index is 2.11. The number of Topliss-reactive ketones (excluding diaryl/α,β-unsaturated/α-hetero) is 1. The summed E-state index contributed by atoms with van der Waals surface area (Å²) >= 11 is 5.67. The molecule has 0 atom stereocenters. The van der Waals surface area contributed by atoms with Crippen molar-refractivity contribution in [3.05, 3.63) is 53.2 Å². The van der Waals surface area contributed by atoms with Crippen LogP contribution in [0.15, 0.2) is 41.1 Å². The van der Waals surface area contributed by atoms with E-state index in [2.05, 4.69) is 4.98 Å². The van der Waals surface area contributed by atoms with E-state index < -0.39 is 0 Å². The van der Waals surface area contributed by atoms with E-state index in [4.69, 9.17) is 16.0 Å². The van der Waals surface area contributed by atoms with Gasteiger partial charge < -0.3 is 4.42 Å². The lowest BCUT2D eigenvalue weighted by Crippen LogP contribution is -2.04. The van der Waals surface area contributed by atoms with Crippen molar-refractivity contribution in [2.45, 2.75) is 6.42 Å². The number of halogens is 1. The molecule has 0 radical (unpaired) electrons. The summed E-state index contributed by atoms with van der Waals surface area (Å²) in [5.74, 6) is 0.554. The van der Waals surface area contributed by atoms with Crippen LogP contribution in [0.2, 0.25) is 5.02 Å². The number of furan rings is 1. The van der Waals surface area contributed by atoms with E-state index in [1.165, 1.54) is 12.5 Å². The van der Waals surface area contributed by atoms with E-state index in [0.29, 0.717) is 16.5 Å². The molecule has 0 aliphatic rings. The zero-order valence-corrected chi connectivity index (χ0v) is 8.57. The number of hydrogen-bond donors (Lipinski definition) is 0. The molecule has 0 aliphatic carbocycles. The smallest absolute Gasteiger partial charge is 0.188 e. The maximum Gasteiger partial charge on any atom is 0.188 e. The van der Waals surface area contributed by atoms with E-state index in [1.54, 1.807) is 24.3 Å². The molecule has 0 aromatic carbocycles. The van der Waals surface area contributed by atoms with Gasteiger partial charge in [-0.1, -0.05) is 11.6 Å². The third kappa shape index (κ3) is 2.44. The van der Waals surface area contributed by atoms with Crippen molar-refractivity contribution in [1.29, 1.82) is 0 Å². The van der Waals surface area contributed by atoms with Crippen molar-refractivity contribution in [3.8, 4) is 0 Å². The standard InChI is InChI=1S/C11H8ClNO2/c12-8-3-4-10(13-7-8)11(14)6-9-2-1-5-15-9/h1-5,7H,6H2. The monoisotopic (exact) mass is 221 g/mol. The van der Waals surface area contributed by atoms with E-state index >= 15 is 0 Å². The van der Waals surface area contributed by atoms with Crippen LogP contribution in [0.1, 0.15) is 16.2 Å². The van der Waals surface area contributed by atoms with Gasteiger partial charge in [0, 0.05) is 6.20 Å². The molecule has 0 spiro atoms. The van der Waals surface area contributed by atoms with Gasteiger partial charge in [-0.05, 0) is 24.3 Å². The molecular formula is C11H8ClNO2. The molecule has 2 aromatic rings. The lowest BCUT2D eigenvalue weighted by molar-refractivity contribution is 0.0982. The highest BCUT2D eigenvalue weighted by molar-refractivity contribution is 6.30. The average molecular weight is 222 g/mol. The van der Waals surface area contributed by atoms with Crippen molar-refractivity contribution in [1.82, 2.24) is 4.98 Å². The van der Waals surface area contributed by atoms with Crippen LogP contribution in [-0.4, -0.2) is 10.8 Å². The van der Waals surface area contributed by atoms with Crippen LogP contribution < -0.4 is 0 Å². The summed E-state index contributed by atoms with van der Waals surface area (Å²) in [7, 11) is 0. The summed E-state index contributed by atoms with van der Waals surface area (Å²) in [5, 5.41) is 0.518. The van der Waals surface area contributed by atoms with E-state index in [-0.39, 0.29) is 12.2 Å². The van der Waals surface area contributed by atoms with Gasteiger partial charge in [-0.3, -0.25) is 9.78 Å². The summed E-state index contributed by atoms with van der Waals surface area (Å²) in [6.45, 7) is 0. The van der Waals surface area contributed by atoms with Crippen molar-refractivity contribution >= 4 is 17.4 Å². The summed E-state index contributed by atoms with van der Waals surface area (Å²) in [5.41, 5.74) is 0.399. The number of hydrogen-bond acceptors (Lipinski definition) is 3. The molecule has 3 nitrogen and oxygen atoms in total. The number of nitrogens with zero attached hydrogens (tertiary/aromatic N) is 1. The number of pyridine rings is 1. The minimum absolute atomic E-state index is 0.0818. The van der Waals surface area contributed by atoms with Crippen LogP contribution in [-0.2, 0) is 6.42 Å². The third-order valence-electron chi connectivity index (χ3n) is 1.93.